The summed E-state index contributed by atoms with van der Waals surface area (Å²) in [6, 6.07) is 5.74. The molecule has 5 nitrogen and oxygen atoms in total. The van der Waals surface area contributed by atoms with Crippen molar-refractivity contribution in [3.63, 3.8) is 0 Å². The molecule has 0 unspecified atom stereocenters. The molecule has 1 heterocycles. The zero-order valence-electron chi connectivity index (χ0n) is 12.1. The maximum atomic E-state index is 12.5. The topological polar surface area (TPSA) is 55.3 Å². The van der Waals surface area contributed by atoms with Gasteiger partial charge in [-0.3, -0.25) is 4.79 Å². The number of aryl methyl sites for hydroxylation is 1. The molecule has 0 radical (unpaired) electrons. The van der Waals surface area contributed by atoms with E-state index < -0.39 is 0 Å². The second-order valence-corrected chi connectivity index (χ2v) is 6.19. The number of benzene rings is 1. The molecule has 0 saturated carbocycles. The van der Waals surface area contributed by atoms with Gasteiger partial charge in [-0.15, -0.1) is 5.10 Å². The summed E-state index contributed by atoms with van der Waals surface area (Å²) in [4.78, 5) is 14.7. The minimum atomic E-state index is -0.0659. The molecule has 0 bridgehead atoms. The summed E-state index contributed by atoms with van der Waals surface area (Å²) in [5.74, 6) is 0.694. The number of carbonyl (C=O) groups is 1. The first-order valence-corrected chi connectivity index (χ1v) is 8.02. The Morgan fingerprint density at radius 3 is 2.90 bits per heavy atom. The van der Waals surface area contributed by atoms with Crippen LogP contribution in [0.3, 0.4) is 0 Å². The van der Waals surface area contributed by atoms with Crippen molar-refractivity contribution in [1.82, 2.24) is 14.5 Å². The Balaban J connectivity index is 2.20. The van der Waals surface area contributed by atoms with Gasteiger partial charge in [0, 0.05) is 23.6 Å². The summed E-state index contributed by atoms with van der Waals surface area (Å²) in [7, 11) is 3.39. The Morgan fingerprint density at radius 1 is 1.48 bits per heavy atom. The van der Waals surface area contributed by atoms with E-state index in [1.54, 1.807) is 19.1 Å². The Hall–Kier alpha value is -1.47. The molecule has 0 aliphatic heterocycles. The van der Waals surface area contributed by atoms with Crippen LogP contribution in [0, 0.1) is 0 Å². The van der Waals surface area contributed by atoms with Crippen molar-refractivity contribution in [2.24, 2.45) is 0 Å². The van der Waals surface area contributed by atoms with Crippen LogP contribution < -0.4 is 4.74 Å². The van der Waals surface area contributed by atoms with Crippen molar-refractivity contribution in [1.29, 1.82) is 0 Å². The zero-order chi connectivity index (χ0) is 15.4. The van der Waals surface area contributed by atoms with E-state index >= 15 is 0 Å². The Labute approximate surface area is 136 Å². The summed E-state index contributed by atoms with van der Waals surface area (Å²) in [5.41, 5.74) is 1.69. The van der Waals surface area contributed by atoms with Gasteiger partial charge in [0.2, 0.25) is 0 Å². The lowest BCUT2D eigenvalue weighted by Gasteiger charge is -2.18. The number of methoxy groups -OCH3 is 1. The van der Waals surface area contributed by atoms with Crippen LogP contribution >= 0.6 is 27.5 Å². The lowest BCUT2D eigenvalue weighted by molar-refractivity contribution is 0.0787. The van der Waals surface area contributed by atoms with Gasteiger partial charge in [0.05, 0.1) is 12.8 Å². The van der Waals surface area contributed by atoms with Crippen LogP contribution in [0.15, 0.2) is 22.7 Å². The monoisotopic (exact) mass is 369 g/mol. The van der Waals surface area contributed by atoms with E-state index in [0.717, 1.165) is 33.0 Å². The van der Waals surface area contributed by atoms with Crippen LogP contribution in [0.25, 0.3) is 0 Å². The summed E-state index contributed by atoms with van der Waals surface area (Å²) in [6.45, 7) is 2.42. The standard InChI is InChI=1S/C14H16BrN3O2S/c1-4-11-13(21-17-16-11)14(19)18(2)8-9-7-10(15)5-6-12(9)20-3/h5-7H,4,8H2,1-3H3. The van der Waals surface area contributed by atoms with Gasteiger partial charge in [-0.05, 0) is 36.2 Å². The first-order chi connectivity index (χ1) is 10.1. The van der Waals surface area contributed by atoms with Crippen LogP contribution in [0.4, 0.5) is 0 Å². The molecule has 7 heteroatoms. The van der Waals surface area contributed by atoms with Crippen molar-refractivity contribution < 1.29 is 9.53 Å². The highest BCUT2D eigenvalue weighted by Crippen LogP contribution is 2.25. The minimum Gasteiger partial charge on any atom is -0.496 e. The lowest BCUT2D eigenvalue weighted by atomic mass is 10.2. The smallest absolute Gasteiger partial charge is 0.267 e. The number of amides is 1. The number of hydrogen-bond acceptors (Lipinski definition) is 5. The third kappa shape index (κ3) is 3.59. The van der Waals surface area contributed by atoms with Gasteiger partial charge in [-0.25, -0.2) is 0 Å². The average molecular weight is 370 g/mol. The fourth-order valence-corrected chi connectivity index (χ4v) is 3.13. The largest absolute Gasteiger partial charge is 0.496 e. The Morgan fingerprint density at radius 2 is 2.24 bits per heavy atom. The Bertz CT molecular complexity index is 645. The normalized spacial score (nSPS) is 10.5. The number of aromatic nitrogens is 2. The van der Waals surface area contributed by atoms with E-state index in [1.165, 1.54) is 0 Å². The molecule has 0 N–H and O–H groups in total. The van der Waals surface area contributed by atoms with Gasteiger partial charge in [0.1, 0.15) is 10.6 Å². The number of rotatable bonds is 5. The number of nitrogens with zero attached hydrogens (tertiary/aromatic N) is 3. The summed E-state index contributed by atoms with van der Waals surface area (Å²) in [5, 5.41) is 3.98. The highest BCUT2D eigenvalue weighted by molar-refractivity contribution is 9.10. The lowest BCUT2D eigenvalue weighted by Crippen LogP contribution is -2.26. The number of carbonyl (C=O) groups excluding carboxylic acids is 1. The van der Waals surface area contributed by atoms with E-state index in [-0.39, 0.29) is 5.91 Å². The quantitative estimate of drug-likeness (QED) is 0.812. The summed E-state index contributed by atoms with van der Waals surface area (Å²) in [6.07, 6.45) is 0.700. The van der Waals surface area contributed by atoms with Gasteiger partial charge < -0.3 is 9.64 Å². The first kappa shape index (κ1) is 15.9. The molecular formula is C14H16BrN3O2S. The SMILES string of the molecule is CCc1nnsc1C(=O)N(C)Cc1cc(Br)ccc1OC. The van der Waals surface area contributed by atoms with E-state index in [0.29, 0.717) is 17.8 Å². The highest BCUT2D eigenvalue weighted by atomic mass is 79.9. The van der Waals surface area contributed by atoms with Gasteiger partial charge in [0.15, 0.2) is 0 Å². The third-order valence-electron chi connectivity index (χ3n) is 3.08. The molecule has 2 rings (SSSR count). The van der Waals surface area contributed by atoms with Crippen molar-refractivity contribution in [2.45, 2.75) is 19.9 Å². The van der Waals surface area contributed by atoms with Crippen LogP contribution in [0.5, 0.6) is 5.75 Å². The van der Waals surface area contributed by atoms with Crippen LogP contribution in [-0.2, 0) is 13.0 Å². The molecule has 0 spiro atoms. The van der Waals surface area contributed by atoms with E-state index in [1.807, 2.05) is 25.1 Å². The van der Waals surface area contributed by atoms with Crippen LogP contribution in [-0.4, -0.2) is 34.6 Å². The van der Waals surface area contributed by atoms with E-state index in [2.05, 4.69) is 25.5 Å². The number of hydrogen-bond donors (Lipinski definition) is 0. The molecule has 21 heavy (non-hydrogen) atoms. The molecule has 1 aromatic heterocycles. The minimum absolute atomic E-state index is 0.0659. The fraction of sp³-hybridized carbons (Fsp3) is 0.357. The molecule has 1 aromatic carbocycles. The van der Waals surface area contributed by atoms with Gasteiger partial charge in [-0.2, -0.15) is 0 Å². The average Bonchev–Trinajstić information content (AvgIpc) is 2.95. The number of ether oxygens (including phenoxy) is 1. The molecule has 0 aliphatic carbocycles. The maximum absolute atomic E-state index is 12.5. The van der Waals surface area contributed by atoms with Gasteiger partial charge in [-0.1, -0.05) is 27.3 Å². The molecular weight excluding hydrogens is 354 g/mol. The second-order valence-electron chi connectivity index (χ2n) is 4.52. The van der Waals surface area contributed by atoms with Crippen molar-refractivity contribution in [3.8, 4) is 5.75 Å². The summed E-state index contributed by atoms with van der Waals surface area (Å²) >= 11 is 4.58. The van der Waals surface area contributed by atoms with Crippen molar-refractivity contribution >= 4 is 33.4 Å². The molecule has 0 fully saturated rings. The zero-order valence-corrected chi connectivity index (χ0v) is 14.5. The van der Waals surface area contributed by atoms with Gasteiger partial charge in [0.25, 0.3) is 5.91 Å². The second kappa shape index (κ2) is 7.00. The first-order valence-electron chi connectivity index (χ1n) is 6.46. The predicted molar refractivity (Wildman–Crippen MR) is 85.8 cm³/mol. The molecule has 0 aliphatic rings. The van der Waals surface area contributed by atoms with E-state index in [9.17, 15) is 4.79 Å². The van der Waals surface area contributed by atoms with Crippen molar-refractivity contribution in [2.75, 3.05) is 14.2 Å². The molecule has 0 saturated heterocycles. The van der Waals surface area contributed by atoms with E-state index in [4.69, 9.17) is 4.74 Å². The molecule has 0 atom stereocenters. The highest BCUT2D eigenvalue weighted by Gasteiger charge is 2.20. The molecule has 1 amide bonds. The molecule has 112 valence electrons. The predicted octanol–water partition coefficient (Wildman–Crippen LogP) is 3.14. The van der Waals surface area contributed by atoms with Gasteiger partial charge >= 0.3 is 0 Å². The number of halogens is 1. The maximum Gasteiger partial charge on any atom is 0.267 e. The fourth-order valence-electron chi connectivity index (χ4n) is 1.97. The van der Waals surface area contributed by atoms with Crippen LogP contribution in [0.1, 0.15) is 27.9 Å². The van der Waals surface area contributed by atoms with Crippen LogP contribution in [0.2, 0.25) is 0 Å². The van der Waals surface area contributed by atoms with Crippen molar-refractivity contribution in [3.05, 3.63) is 38.8 Å². The third-order valence-corrected chi connectivity index (χ3v) is 4.33. The Kier molecular flexibility index (Phi) is 5.30. The molecule has 2 aromatic rings. The summed E-state index contributed by atoms with van der Waals surface area (Å²) < 4.78 is 10.2.